The number of carbonyl (C=O) groups excluding carboxylic acids is 1. The molecule has 1 saturated carbocycles. The van der Waals surface area contributed by atoms with Crippen LogP contribution in [-0.4, -0.2) is 30.3 Å². The second-order valence-electron chi connectivity index (χ2n) is 5.65. The number of aliphatic hydroxyl groups is 1. The molecule has 0 saturated heterocycles. The fraction of sp³-hybridized carbons (Fsp3) is 0.562. The standard InChI is InChI=1S/C16H22F2N2O3/c17-15(18)23-13-8-6-11(7-9-13)14(21)10-19-16(22)20-12-4-2-1-3-5-12/h6-9,12,14-15,21H,1-5,10H2,(H2,19,20,22). The number of hydrogen-bond donors (Lipinski definition) is 3. The Morgan fingerprint density at radius 3 is 2.48 bits per heavy atom. The first kappa shape index (κ1) is 17.5. The summed E-state index contributed by atoms with van der Waals surface area (Å²) in [5.41, 5.74) is 0.518. The number of carbonyl (C=O) groups is 1. The smallest absolute Gasteiger partial charge is 0.387 e. The Hall–Kier alpha value is -1.89. The third kappa shape index (κ3) is 6.02. The number of rotatable bonds is 6. The highest BCUT2D eigenvalue weighted by atomic mass is 19.3. The van der Waals surface area contributed by atoms with E-state index in [9.17, 15) is 18.7 Å². The highest BCUT2D eigenvalue weighted by Crippen LogP contribution is 2.19. The van der Waals surface area contributed by atoms with Gasteiger partial charge in [0.1, 0.15) is 5.75 Å². The average molecular weight is 328 g/mol. The number of hydrogen-bond acceptors (Lipinski definition) is 3. The summed E-state index contributed by atoms with van der Waals surface area (Å²) in [5.74, 6) is 0.0268. The van der Waals surface area contributed by atoms with Gasteiger partial charge in [-0.3, -0.25) is 0 Å². The van der Waals surface area contributed by atoms with E-state index < -0.39 is 12.7 Å². The van der Waals surface area contributed by atoms with Crippen LogP contribution in [0.3, 0.4) is 0 Å². The van der Waals surface area contributed by atoms with Crippen molar-refractivity contribution in [1.82, 2.24) is 10.6 Å². The summed E-state index contributed by atoms with van der Waals surface area (Å²) in [6, 6.07) is 5.59. The summed E-state index contributed by atoms with van der Waals surface area (Å²) in [7, 11) is 0. The van der Waals surface area contributed by atoms with E-state index in [2.05, 4.69) is 15.4 Å². The van der Waals surface area contributed by atoms with E-state index in [1.165, 1.54) is 30.7 Å². The number of nitrogens with one attached hydrogen (secondary N) is 2. The van der Waals surface area contributed by atoms with Crippen molar-refractivity contribution >= 4 is 6.03 Å². The number of amides is 2. The van der Waals surface area contributed by atoms with Gasteiger partial charge >= 0.3 is 12.6 Å². The topological polar surface area (TPSA) is 70.6 Å². The molecule has 128 valence electrons. The zero-order valence-electron chi connectivity index (χ0n) is 12.8. The van der Waals surface area contributed by atoms with E-state index >= 15 is 0 Å². The van der Waals surface area contributed by atoms with Crippen molar-refractivity contribution in [2.75, 3.05) is 6.54 Å². The Kier molecular flexibility index (Phi) is 6.58. The van der Waals surface area contributed by atoms with Gasteiger partial charge in [-0.2, -0.15) is 8.78 Å². The lowest BCUT2D eigenvalue weighted by Gasteiger charge is -2.23. The predicted octanol–water partition coefficient (Wildman–Crippen LogP) is 2.95. The summed E-state index contributed by atoms with van der Waals surface area (Å²) in [6.07, 6.45) is 4.53. The van der Waals surface area contributed by atoms with Gasteiger partial charge in [-0.05, 0) is 30.5 Å². The molecular formula is C16H22F2N2O3. The second-order valence-corrected chi connectivity index (χ2v) is 5.65. The molecule has 0 heterocycles. The minimum atomic E-state index is -2.88. The van der Waals surface area contributed by atoms with Gasteiger partial charge in [0, 0.05) is 12.6 Å². The second kappa shape index (κ2) is 8.67. The van der Waals surface area contributed by atoms with Gasteiger partial charge in [0.15, 0.2) is 0 Å². The number of aliphatic hydroxyl groups excluding tert-OH is 1. The average Bonchev–Trinajstić information content (AvgIpc) is 2.54. The number of ether oxygens (including phenoxy) is 1. The van der Waals surface area contributed by atoms with Crippen LogP contribution in [0.4, 0.5) is 13.6 Å². The molecule has 0 bridgehead atoms. The molecule has 3 N–H and O–H groups in total. The van der Waals surface area contributed by atoms with E-state index in [1.54, 1.807) is 0 Å². The van der Waals surface area contributed by atoms with Crippen LogP contribution in [0.2, 0.25) is 0 Å². The van der Waals surface area contributed by atoms with Crippen molar-refractivity contribution in [3.63, 3.8) is 0 Å². The first-order valence-electron chi connectivity index (χ1n) is 7.82. The molecule has 0 aliphatic heterocycles. The third-order valence-corrected chi connectivity index (χ3v) is 3.89. The molecular weight excluding hydrogens is 306 g/mol. The summed E-state index contributed by atoms with van der Waals surface area (Å²) in [4.78, 5) is 11.8. The molecule has 0 spiro atoms. The van der Waals surface area contributed by atoms with E-state index in [0.29, 0.717) is 5.56 Å². The van der Waals surface area contributed by atoms with Crippen LogP contribution < -0.4 is 15.4 Å². The molecule has 2 amide bonds. The summed E-state index contributed by atoms with van der Waals surface area (Å²) < 4.78 is 28.3. The molecule has 23 heavy (non-hydrogen) atoms. The van der Waals surface area contributed by atoms with Crippen molar-refractivity contribution < 1.29 is 23.4 Å². The zero-order chi connectivity index (χ0) is 16.7. The van der Waals surface area contributed by atoms with Gasteiger partial charge in [-0.15, -0.1) is 0 Å². The lowest BCUT2D eigenvalue weighted by molar-refractivity contribution is -0.0498. The van der Waals surface area contributed by atoms with E-state index in [4.69, 9.17) is 0 Å². The molecule has 5 nitrogen and oxygen atoms in total. The molecule has 1 fully saturated rings. The molecule has 2 rings (SSSR count). The largest absolute Gasteiger partial charge is 0.435 e. The summed E-state index contributed by atoms with van der Waals surface area (Å²) >= 11 is 0. The van der Waals surface area contributed by atoms with E-state index in [1.807, 2.05) is 0 Å². The monoisotopic (exact) mass is 328 g/mol. The maximum Gasteiger partial charge on any atom is 0.387 e. The number of halogens is 2. The van der Waals surface area contributed by atoms with Crippen molar-refractivity contribution in [3.8, 4) is 5.75 Å². The Bertz CT molecular complexity index is 491. The third-order valence-electron chi connectivity index (χ3n) is 3.89. The molecule has 1 unspecified atom stereocenters. The van der Waals surface area contributed by atoms with Gasteiger partial charge < -0.3 is 20.5 Å². The minimum absolute atomic E-state index is 0.0268. The normalized spacial score (nSPS) is 16.9. The van der Waals surface area contributed by atoms with Crippen LogP contribution in [-0.2, 0) is 0 Å². The van der Waals surface area contributed by atoms with Crippen LogP contribution in [0.5, 0.6) is 5.75 Å². The fourth-order valence-electron chi connectivity index (χ4n) is 2.66. The van der Waals surface area contributed by atoms with Crippen molar-refractivity contribution in [2.45, 2.75) is 50.9 Å². The lowest BCUT2D eigenvalue weighted by atomic mass is 9.96. The molecule has 0 radical (unpaired) electrons. The van der Waals surface area contributed by atoms with Crippen LogP contribution in [0, 0.1) is 0 Å². The molecule has 7 heteroatoms. The highest BCUT2D eigenvalue weighted by molar-refractivity contribution is 5.74. The minimum Gasteiger partial charge on any atom is -0.435 e. The number of alkyl halides is 2. The van der Waals surface area contributed by atoms with Gasteiger partial charge in [0.25, 0.3) is 0 Å². The number of urea groups is 1. The molecule has 1 aliphatic carbocycles. The first-order chi connectivity index (χ1) is 11.0. The van der Waals surface area contributed by atoms with Gasteiger partial charge in [0.05, 0.1) is 6.10 Å². The van der Waals surface area contributed by atoms with E-state index in [-0.39, 0.29) is 24.4 Å². The van der Waals surface area contributed by atoms with Crippen LogP contribution in [0.1, 0.15) is 43.8 Å². The van der Waals surface area contributed by atoms with E-state index in [0.717, 1.165) is 25.7 Å². The molecule has 1 aromatic rings. The maximum absolute atomic E-state index is 12.1. The van der Waals surface area contributed by atoms with Crippen LogP contribution in [0.15, 0.2) is 24.3 Å². The molecule has 1 atom stereocenters. The van der Waals surface area contributed by atoms with Crippen LogP contribution in [0.25, 0.3) is 0 Å². The Morgan fingerprint density at radius 2 is 1.87 bits per heavy atom. The van der Waals surface area contributed by atoms with Crippen molar-refractivity contribution in [1.29, 1.82) is 0 Å². The highest BCUT2D eigenvalue weighted by Gasteiger charge is 2.16. The zero-order valence-corrected chi connectivity index (χ0v) is 12.8. The summed E-state index contributed by atoms with van der Waals surface area (Å²) in [5, 5.41) is 15.5. The SMILES string of the molecule is O=C(NCC(O)c1ccc(OC(F)F)cc1)NC1CCCCC1. The predicted molar refractivity (Wildman–Crippen MR) is 81.4 cm³/mol. The fourth-order valence-corrected chi connectivity index (χ4v) is 2.66. The first-order valence-corrected chi connectivity index (χ1v) is 7.82. The van der Waals surface area contributed by atoms with Gasteiger partial charge in [0.2, 0.25) is 0 Å². The Morgan fingerprint density at radius 1 is 1.22 bits per heavy atom. The quantitative estimate of drug-likeness (QED) is 0.752. The van der Waals surface area contributed by atoms with Gasteiger partial charge in [-0.25, -0.2) is 4.79 Å². The van der Waals surface area contributed by atoms with Crippen molar-refractivity contribution in [2.24, 2.45) is 0 Å². The van der Waals surface area contributed by atoms with Crippen LogP contribution >= 0.6 is 0 Å². The molecule has 1 aliphatic rings. The Balaban J connectivity index is 1.75. The van der Waals surface area contributed by atoms with Gasteiger partial charge in [-0.1, -0.05) is 31.4 Å². The molecule has 0 aromatic heterocycles. The Labute approximate surface area is 134 Å². The summed E-state index contributed by atoms with van der Waals surface area (Å²) in [6.45, 7) is -2.83. The maximum atomic E-state index is 12.1. The lowest BCUT2D eigenvalue weighted by Crippen LogP contribution is -2.44. The van der Waals surface area contributed by atoms with Crippen molar-refractivity contribution in [3.05, 3.63) is 29.8 Å². The number of benzene rings is 1. The molecule has 1 aromatic carbocycles.